The van der Waals surface area contributed by atoms with Gasteiger partial charge in [-0.1, -0.05) is 6.07 Å². The molecule has 146 valence electrons. The Kier molecular flexibility index (Phi) is 5.69. The van der Waals surface area contributed by atoms with Crippen molar-refractivity contribution in [2.45, 2.75) is 18.1 Å². The van der Waals surface area contributed by atoms with Gasteiger partial charge < -0.3 is 29.5 Å². The number of hydrogen-bond acceptors (Lipinski definition) is 6. The topological polar surface area (TPSA) is 88.4 Å². The van der Waals surface area contributed by atoms with E-state index in [0.29, 0.717) is 30.1 Å². The second-order valence-electron chi connectivity index (χ2n) is 6.71. The first-order valence-electron chi connectivity index (χ1n) is 8.55. The molecule has 1 aliphatic rings. The number of benzene rings is 2. The van der Waals surface area contributed by atoms with Gasteiger partial charge in [-0.2, -0.15) is 0 Å². The third-order valence-corrected chi connectivity index (χ3v) is 5.45. The SMILES string of the molecule is COc1cc(O)cc(C2OCC(Cc3ccc(O)c(OC)c3)C2(O)CCl)c1. The fraction of sp³-hybridized carbons (Fsp3) is 0.400. The molecule has 1 fully saturated rings. The van der Waals surface area contributed by atoms with Gasteiger partial charge in [0.05, 0.1) is 26.7 Å². The molecule has 3 rings (SSSR count). The number of halogens is 1. The molecule has 0 bridgehead atoms. The first-order chi connectivity index (χ1) is 12.9. The molecule has 0 saturated carbocycles. The normalized spacial score (nSPS) is 24.7. The average Bonchev–Trinajstić information content (AvgIpc) is 2.99. The molecular weight excluding hydrogens is 372 g/mol. The maximum Gasteiger partial charge on any atom is 0.160 e. The maximum absolute atomic E-state index is 11.3. The highest BCUT2D eigenvalue weighted by Crippen LogP contribution is 2.45. The monoisotopic (exact) mass is 394 g/mol. The van der Waals surface area contributed by atoms with Gasteiger partial charge in [-0.15, -0.1) is 11.6 Å². The van der Waals surface area contributed by atoms with Crippen LogP contribution in [0, 0.1) is 5.92 Å². The van der Waals surface area contributed by atoms with Crippen LogP contribution in [0.15, 0.2) is 36.4 Å². The van der Waals surface area contributed by atoms with Crippen LogP contribution in [0.1, 0.15) is 17.2 Å². The zero-order valence-electron chi connectivity index (χ0n) is 15.2. The lowest BCUT2D eigenvalue weighted by Crippen LogP contribution is -2.42. The van der Waals surface area contributed by atoms with E-state index < -0.39 is 11.7 Å². The summed E-state index contributed by atoms with van der Waals surface area (Å²) in [5.74, 6) is 0.614. The standard InChI is InChI=1S/C20H23ClO6/c1-25-16-8-13(7-15(22)9-16)19-20(24,11-21)14(10-27-19)5-12-3-4-17(23)18(6-12)26-2/h3-4,6-9,14,19,22-24H,5,10-11H2,1-2H3. The average molecular weight is 395 g/mol. The minimum absolute atomic E-state index is 0.0246. The van der Waals surface area contributed by atoms with Crippen LogP contribution >= 0.6 is 11.6 Å². The number of rotatable bonds is 6. The number of phenolic OH excluding ortho intramolecular Hbond substituents is 2. The molecular formula is C20H23ClO6. The molecule has 6 nitrogen and oxygen atoms in total. The van der Waals surface area contributed by atoms with E-state index in [4.69, 9.17) is 25.8 Å². The van der Waals surface area contributed by atoms with Gasteiger partial charge in [-0.25, -0.2) is 0 Å². The smallest absolute Gasteiger partial charge is 0.160 e. The summed E-state index contributed by atoms with van der Waals surface area (Å²) in [6, 6.07) is 9.80. The van der Waals surface area contributed by atoms with Crippen LogP contribution in [0.3, 0.4) is 0 Å². The maximum atomic E-state index is 11.3. The third kappa shape index (κ3) is 3.78. The van der Waals surface area contributed by atoms with E-state index in [9.17, 15) is 15.3 Å². The molecule has 1 aliphatic heterocycles. The highest BCUT2D eigenvalue weighted by atomic mass is 35.5. The first kappa shape index (κ1) is 19.6. The van der Waals surface area contributed by atoms with Crippen LogP contribution in [0.5, 0.6) is 23.0 Å². The summed E-state index contributed by atoms with van der Waals surface area (Å²) >= 11 is 6.16. The van der Waals surface area contributed by atoms with Crippen LogP contribution in [0.4, 0.5) is 0 Å². The van der Waals surface area contributed by atoms with Gasteiger partial charge in [0.15, 0.2) is 11.5 Å². The first-order valence-corrected chi connectivity index (χ1v) is 9.08. The zero-order chi connectivity index (χ0) is 19.6. The van der Waals surface area contributed by atoms with E-state index in [2.05, 4.69) is 0 Å². The molecule has 7 heteroatoms. The molecule has 0 amide bonds. The Hall–Kier alpha value is -2.15. The summed E-state index contributed by atoms with van der Waals surface area (Å²) in [6.45, 7) is 0.301. The van der Waals surface area contributed by atoms with E-state index >= 15 is 0 Å². The van der Waals surface area contributed by atoms with E-state index in [-0.39, 0.29) is 23.3 Å². The van der Waals surface area contributed by atoms with E-state index in [1.807, 2.05) is 0 Å². The number of phenols is 2. The Morgan fingerprint density at radius 2 is 1.93 bits per heavy atom. The van der Waals surface area contributed by atoms with E-state index in [0.717, 1.165) is 5.56 Å². The molecule has 3 unspecified atom stereocenters. The largest absolute Gasteiger partial charge is 0.508 e. The summed E-state index contributed by atoms with van der Waals surface area (Å²) in [5.41, 5.74) is 0.155. The molecule has 3 N–H and O–H groups in total. The van der Waals surface area contributed by atoms with Crippen molar-refractivity contribution in [1.82, 2.24) is 0 Å². The molecule has 0 aromatic heterocycles. The van der Waals surface area contributed by atoms with Gasteiger partial charge in [0, 0.05) is 12.0 Å². The van der Waals surface area contributed by atoms with E-state index in [1.165, 1.54) is 26.4 Å². The van der Waals surface area contributed by atoms with Gasteiger partial charge in [-0.3, -0.25) is 0 Å². The summed E-state index contributed by atoms with van der Waals surface area (Å²) in [4.78, 5) is 0. The van der Waals surface area contributed by atoms with Crippen molar-refractivity contribution in [1.29, 1.82) is 0 Å². The van der Waals surface area contributed by atoms with Crippen molar-refractivity contribution in [3.05, 3.63) is 47.5 Å². The predicted molar refractivity (Wildman–Crippen MR) is 101 cm³/mol. The molecule has 1 heterocycles. The number of hydrogen-bond donors (Lipinski definition) is 3. The Morgan fingerprint density at radius 3 is 2.59 bits per heavy atom. The quantitative estimate of drug-likeness (QED) is 0.653. The number of methoxy groups -OCH3 is 2. The van der Waals surface area contributed by atoms with Crippen LogP contribution in [-0.4, -0.2) is 47.6 Å². The molecule has 1 saturated heterocycles. The van der Waals surface area contributed by atoms with Crippen molar-refractivity contribution in [2.24, 2.45) is 5.92 Å². The molecule has 3 atom stereocenters. The van der Waals surface area contributed by atoms with Crippen LogP contribution < -0.4 is 9.47 Å². The van der Waals surface area contributed by atoms with E-state index in [1.54, 1.807) is 24.3 Å². The zero-order valence-corrected chi connectivity index (χ0v) is 15.9. The van der Waals surface area contributed by atoms with Gasteiger partial charge in [0.25, 0.3) is 0 Å². The lowest BCUT2D eigenvalue weighted by Gasteiger charge is -2.32. The van der Waals surface area contributed by atoms with Crippen LogP contribution in [0.2, 0.25) is 0 Å². The highest BCUT2D eigenvalue weighted by molar-refractivity contribution is 6.18. The second-order valence-corrected chi connectivity index (χ2v) is 6.98. The Bertz CT molecular complexity index is 811. The summed E-state index contributed by atoms with van der Waals surface area (Å²) in [7, 11) is 2.99. The third-order valence-electron chi connectivity index (χ3n) is 5.02. The van der Waals surface area contributed by atoms with Crippen molar-refractivity contribution < 1.29 is 29.5 Å². The minimum atomic E-state index is -1.33. The number of aliphatic hydroxyl groups is 1. The Labute approximate surface area is 162 Å². The number of ether oxygens (including phenoxy) is 3. The lowest BCUT2D eigenvalue weighted by molar-refractivity contribution is -0.0371. The fourth-order valence-corrected chi connectivity index (χ4v) is 3.88. The molecule has 0 spiro atoms. The number of aromatic hydroxyl groups is 2. The van der Waals surface area contributed by atoms with Crippen molar-refractivity contribution in [3.8, 4) is 23.0 Å². The van der Waals surface area contributed by atoms with Gasteiger partial charge in [0.1, 0.15) is 23.2 Å². The van der Waals surface area contributed by atoms with Gasteiger partial charge in [0.2, 0.25) is 0 Å². The summed E-state index contributed by atoms with van der Waals surface area (Å²) in [6.07, 6.45) is -0.202. The minimum Gasteiger partial charge on any atom is -0.508 e. The van der Waals surface area contributed by atoms with Crippen LogP contribution in [-0.2, 0) is 11.2 Å². The van der Waals surface area contributed by atoms with Gasteiger partial charge >= 0.3 is 0 Å². The molecule has 0 aliphatic carbocycles. The fourth-order valence-electron chi connectivity index (χ4n) is 3.52. The molecule has 2 aromatic rings. The molecule has 27 heavy (non-hydrogen) atoms. The lowest BCUT2D eigenvalue weighted by atomic mass is 9.80. The Morgan fingerprint density at radius 1 is 1.15 bits per heavy atom. The predicted octanol–water partition coefficient (Wildman–Crippen LogP) is 3.02. The molecule has 0 radical (unpaired) electrons. The van der Waals surface area contributed by atoms with Gasteiger partial charge in [-0.05, 0) is 41.8 Å². The summed E-state index contributed by atoms with van der Waals surface area (Å²) in [5, 5.41) is 31.0. The Balaban J connectivity index is 1.88. The van der Waals surface area contributed by atoms with Crippen molar-refractivity contribution >= 4 is 11.6 Å². The highest BCUT2D eigenvalue weighted by Gasteiger charge is 2.50. The summed E-state index contributed by atoms with van der Waals surface area (Å²) < 4.78 is 16.2. The second kappa shape index (κ2) is 7.84. The molecule has 2 aromatic carbocycles. The van der Waals surface area contributed by atoms with Crippen molar-refractivity contribution in [2.75, 3.05) is 26.7 Å². The van der Waals surface area contributed by atoms with Crippen LogP contribution in [0.25, 0.3) is 0 Å². The number of alkyl halides is 1. The van der Waals surface area contributed by atoms with Crippen molar-refractivity contribution in [3.63, 3.8) is 0 Å².